The quantitative estimate of drug-likeness (QED) is 0.878. The van der Waals surface area contributed by atoms with Gasteiger partial charge < -0.3 is 5.11 Å². The van der Waals surface area contributed by atoms with Gasteiger partial charge in [-0.2, -0.15) is 0 Å². The normalized spacial score (nSPS) is 30.0. The molecule has 6 nitrogen and oxygen atoms in total. The van der Waals surface area contributed by atoms with Crippen molar-refractivity contribution in [2.75, 3.05) is 32.4 Å². The fourth-order valence-corrected chi connectivity index (χ4v) is 5.50. The Hall–Kier alpha value is -0.960. The Balaban J connectivity index is 1.82. The van der Waals surface area contributed by atoms with E-state index in [1.54, 1.807) is 11.3 Å². The minimum atomic E-state index is -3.36. The maximum absolute atomic E-state index is 12.0. The number of hydrogen-bond donors (Lipinski definition) is 1. The highest BCUT2D eigenvalue weighted by Gasteiger charge is 2.55. The Kier molecular flexibility index (Phi) is 4.52. The topological polar surface area (TPSA) is 77.9 Å². The fourth-order valence-electron chi connectivity index (χ4n) is 3.83. The maximum atomic E-state index is 12.0. The number of likely N-dealkylation sites (tertiary alicyclic amines) is 1. The van der Waals surface area contributed by atoms with Gasteiger partial charge in [-0.25, -0.2) is 12.7 Å². The highest BCUT2D eigenvalue weighted by atomic mass is 32.2. The molecule has 0 saturated carbocycles. The lowest BCUT2D eigenvalue weighted by Gasteiger charge is -2.29. The van der Waals surface area contributed by atoms with Gasteiger partial charge in [0.1, 0.15) is 0 Å². The van der Waals surface area contributed by atoms with Crippen molar-refractivity contribution in [3.05, 3.63) is 22.4 Å². The number of carbonyl (C=O) groups is 1. The van der Waals surface area contributed by atoms with Crippen molar-refractivity contribution in [3.8, 4) is 0 Å². The number of aliphatic carboxylic acids is 1. The summed E-state index contributed by atoms with van der Waals surface area (Å²) in [7, 11) is -3.36. The summed E-state index contributed by atoms with van der Waals surface area (Å²) in [4.78, 5) is 15.5. The first-order chi connectivity index (χ1) is 10.8. The number of hydrogen-bond acceptors (Lipinski definition) is 5. The van der Waals surface area contributed by atoms with Crippen LogP contribution in [0.5, 0.6) is 0 Å². The fraction of sp³-hybridized carbons (Fsp3) is 0.667. The minimum absolute atomic E-state index is 0.110. The van der Waals surface area contributed by atoms with Crippen LogP contribution in [0, 0.1) is 11.3 Å². The molecule has 0 spiro atoms. The monoisotopic (exact) mass is 358 g/mol. The van der Waals surface area contributed by atoms with Gasteiger partial charge in [-0.05, 0) is 30.8 Å². The second-order valence-corrected chi connectivity index (χ2v) is 9.65. The molecule has 1 N–H and O–H groups in total. The number of carboxylic acids is 1. The number of sulfonamides is 1. The van der Waals surface area contributed by atoms with Crippen molar-refractivity contribution in [2.24, 2.45) is 11.3 Å². The summed E-state index contributed by atoms with van der Waals surface area (Å²) in [5.41, 5.74) is -0.937. The summed E-state index contributed by atoms with van der Waals surface area (Å²) < 4.78 is 25.1. The van der Waals surface area contributed by atoms with E-state index in [1.807, 2.05) is 11.4 Å². The molecule has 0 unspecified atom stereocenters. The van der Waals surface area contributed by atoms with Gasteiger partial charge in [0.15, 0.2) is 0 Å². The van der Waals surface area contributed by atoms with Crippen LogP contribution in [0.3, 0.4) is 0 Å². The second kappa shape index (κ2) is 6.16. The van der Waals surface area contributed by atoms with E-state index in [4.69, 9.17) is 0 Å². The van der Waals surface area contributed by atoms with Crippen molar-refractivity contribution in [1.29, 1.82) is 0 Å². The third-order valence-electron chi connectivity index (χ3n) is 5.09. The molecular formula is C15H22N2O4S2. The first kappa shape index (κ1) is 16.9. The number of rotatable bonds is 4. The number of thiophene rings is 1. The predicted octanol–water partition coefficient (Wildman–Crippen LogP) is 1.31. The molecule has 2 aliphatic heterocycles. The van der Waals surface area contributed by atoms with Crippen LogP contribution < -0.4 is 0 Å². The van der Waals surface area contributed by atoms with E-state index >= 15 is 0 Å². The maximum Gasteiger partial charge on any atom is 0.311 e. The van der Waals surface area contributed by atoms with Crippen molar-refractivity contribution in [2.45, 2.75) is 19.4 Å². The van der Waals surface area contributed by atoms with Gasteiger partial charge >= 0.3 is 5.97 Å². The van der Waals surface area contributed by atoms with E-state index in [-0.39, 0.29) is 12.5 Å². The Morgan fingerprint density at radius 3 is 2.87 bits per heavy atom. The molecule has 3 rings (SSSR count). The molecule has 128 valence electrons. The molecule has 3 heterocycles. The number of nitrogens with zero attached hydrogens (tertiary/aromatic N) is 2. The van der Waals surface area contributed by atoms with Crippen molar-refractivity contribution >= 4 is 27.3 Å². The molecule has 0 aromatic carbocycles. The molecule has 2 fully saturated rings. The van der Waals surface area contributed by atoms with E-state index in [0.29, 0.717) is 19.5 Å². The molecule has 0 amide bonds. The summed E-state index contributed by atoms with van der Waals surface area (Å²) >= 11 is 1.69. The van der Waals surface area contributed by atoms with E-state index < -0.39 is 21.4 Å². The van der Waals surface area contributed by atoms with Gasteiger partial charge in [-0.1, -0.05) is 6.07 Å². The summed E-state index contributed by atoms with van der Waals surface area (Å²) in [5.74, 6) is -1.01. The smallest absolute Gasteiger partial charge is 0.311 e. The molecule has 2 saturated heterocycles. The first-order valence-corrected chi connectivity index (χ1v) is 10.5. The summed E-state index contributed by atoms with van der Waals surface area (Å²) in [6.45, 7) is 2.73. The molecule has 1 aromatic heterocycles. The lowest BCUT2D eigenvalue weighted by atomic mass is 9.75. The molecule has 0 aliphatic carbocycles. The van der Waals surface area contributed by atoms with Crippen molar-refractivity contribution in [3.63, 3.8) is 0 Å². The van der Waals surface area contributed by atoms with Crippen LogP contribution in [0.15, 0.2) is 17.5 Å². The highest BCUT2D eigenvalue weighted by molar-refractivity contribution is 7.88. The highest BCUT2D eigenvalue weighted by Crippen LogP contribution is 2.43. The van der Waals surface area contributed by atoms with E-state index in [1.165, 1.54) is 9.18 Å². The minimum Gasteiger partial charge on any atom is -0.481 e. The lowest BCUT2D eigenvalue weighted by molar-refractivity contribution is -0.150. The van der Waals surface area contributed by atoms with Gasteiger partial charge in [-0.3, -0.25) is 9.69 Å². The third kappa shape index (κ3) is 3.31. The standard InChI is InChI=1S/C15H22N2O4S2/c1-23(20,21)17-9-12-8-16(10-13-4-2-7-22-13)6-3-5-15(12,11-17)14(18)19/h2,4,7,12H,3,5-6,8-11H2,1H3,(H,18,19)/t12-,15-/m0/s1. The molecule has 2 aliphatic rings. The zero-order chi connectivity index (χ0) is 16.7. The van der Waals surface area contributed by atoms with Crippen LogP contribution in [0.1, 0.15) is 17.7 Å². The van der Waals surface area contributed by atoms with Gasteiger partial charge in [0.05, 0.1) is 11.7 Å². The Morgan fingerprint density at radius 1 is 1.48 bits per heavy atom. The summed E-state index contributed by atoms with van der Waals surface area (Å²) in [6, 6.07) is 4.10. The van der Waals surface area contributed by atoms with Crippen LogP contribution in [0.4, 0.5) is 0 Å². The van der Waals surface area contributed by atoms with Crippen LogP contribution in [0.2, 0.25) is 0 Å². The molecule has 8 heteroatoms. The Bertz CT molecular complexity index is 674. The molecular weight excluding hydrogens is 336 g/mol. The van der Waals surface area contributed by atoms with Gasteiger partial charge in [-0.15, -0.1) is 11.3 Å². The lowest BCUT2D eigenvalue weighted by Crippen LogP contribution is -2.41. The van der Waals surface area contributed by atoms with Crippen LogP contribution in [0.25, 0.3) is 0 Å². The molecule has 1 aromatic rings. The van der Waals surface area contributed by atoms with Gasteiger partial charge in [0.2, 0.25) is 10.0 Å². The zero-order valence-electron chi connectivity index (χ0n) is 13.1. The average molecular weight is 358 g/mol. The van der Waals surface area contributed by atoms with Crippen LogP contribution in [-0.2, 0) is 21.4 Å². The van der Waals surface area contributed by atoms with Crippen LogP contribution >= 0.6 is 11.3 Å². The molecule has 23 heavy (non-hydrogen) atoms. The Labute approximate surface area is 140 Å². The van der Waals surface area contributed by atoms with E-state index in [2.05, 4.69) is 11.0 Å². The zero-order valence-corrected chi connectivity index (χ0v) is 14.8. The first-order valence-electron chi connectivity index (χ1n) is 7.74. The largest absolute Gasteiger partial charge is 0.481 e. The van der Waals surface area contributed by atoms with E-state index in [9.17, 15) is 18.3 Å². The Morgan fingerprint density at radius 2 is 2.26 bits per heavy atom. The van der Waals surface area contributed by atoms with Gasteiger partial charge in [0.25, 0.3) is 0 Å². The third-order valence-corrected chi connectivity index (χ3v) is 7.17. The number of fused-ring (bicyclic) bond motifs is 1. The molecule has 0 radical (unpaired) electrons. The van der Waals surface area contributed by atoms with Gasteiger partial charge in [0, 0.05) is 37.0 Å². The molecule has 0 bridgehead atoms. The molecule has 2 atom stereocenters. The average Bonchev–Trinajstić information content (AvgIpc) is 3.04. The number of carboxylic acid groups (broad SMARTS) is 1. The van der Waals surface area contributed by atoms with Crippen molar-refractivity contribution in [1.82, 2.24) is 9.21 Å². The summed E-state index contributed by atoms with van der Waals surface area (Å²) in [5, 5.41) is 11.9. The SMILES string of the molecule is CS(=O)(=O)N1C[C@@H]2CN(Cc3cccs3)CCC[C@]2(C(=O)O)C1. The van der Waals surface area contributed by atoms with E-state index in [0.717, 1.165) is 25.8 Å². The predicted molar refractivity (Wildman–Crippen MR) is 88.8 cm³/mol. The van der Waals surface area contributed by atoms with Crippen molar-refractivity contribution < 1.29 is 18.3 Å². The second-order valence-electron chi connectivity index (χ2n) is 6.63. The van der Waals surface area contributed by atoms with Crippen LogP contribution in [-0.4, -0.2) is 61.1 Å². The summed E-state index contributed by atoms with van der Waals surface area (Å²) in [6.07, 6.45) is 2.49.